The molecule has 0 saturated carbocycles. The molecule has 172 valence electrons. The third kappa shape index (κ3) is 5.05. The Morgan fingerprint density at radius 2 is 1.69 bits per heavy atom. The van der Waals surface area contributed by atoms with Gasteiger partial charge in [-0.25, -0.2) is 4.39 Å². The zero-order valence-corrected chi connectivity index (χ0v) is 18.7. The van der Waals surface area contributed by atoms with Crippen LogP contribution in [0.3, 0.4) is 0 Å². The average Bonchev–Trinajstić information content (AvgIpc) is 2.85. The molecule has 1 amide bonds. The molecule has 0 spiro atoms. The topological polar surface area (TPSA) is 54.0 Å². The number of rotatable bonds is 7. The normalized spacial score (nSPS) is 18.9. The highest BCUT2D eigenvalue weighted by molar-refractivity contribution is 5.88. The Hall–Kier alpha value is -2.64. The minimum Gasteiger partial charge on any atom is -0.497 e. The van der Waals surface area contributed by atoms with E-state index in [0.717, 1.165) is 49.7 Å². The molecule has 2 fully saturated rings. The molecule has 2 saturated heterocycles. The molecule has 0 atom stereocenters. The number of methoxy groups -OCH3 is 1. The van der Waals surface area contributed by atoms with Gasteiger partial charge in [-0.2, -0.15) is 0 Å². The summed E-state index contributed by atoms with van der Waals surface area (Å²) < 4.78 is 24.0. The first kappa shape index (κ1) is 22.6. The summed E-state index contributed by atoms with van der Waals surface area (Å²) in [5, 5.41) is 3.19. The molecule has 2 aromatic rings. The first-order chi connectivity index (χ1) is 15.6. The van der Waals surface area contributed by atoms with Crippen LogP contribution in [0.2, 0.25) is 0 Å². The van der Waals surface area contributed by atoms with Crippen molar-refractivity contribution in [2.75, 3.05) is 64.5 Å². The zero-order chi connectivity index (χ0) is 22.4. The van der Waals surface area contributed by atoms with Crippen LogP contribution < -0.4 is 15.0 Å². The first-order valence-electron chi connectivity index (χ1n) is 11.3. The molecule has 1 N–H and O–H groups in total. The summed E-state index contributed by atoms with van der Waals surface area (Å²) in [5.74, 6) is 0.659. The van der Waals surface area contributed by atoms with Gasteiger partial charge in [0.05, 0.1) is 12.5 Å². The van der Waals surface area contributed by atoms with Crippen LogP contribution in [-0.2, 0) is 14.9 Å². The Kier molecular flexibility index (Phi) is 7.27. The second-order valence-electron chi connectivity index (χ2n) is 8.48. The number of carbonyl (C=O) groups excluding carboxylic acids is 1. The lowest BCUT2D eigenvalue weighted by Crippen LogP contribution is -2.51. The second-order valence-corrected chi connectivity index (χ2v) is 8.48. The molecule has 4 rings (SSSR count). The molecule has 0 radical (unpaired) electrons. The Morgan fingerprint density at radius 3 is 2.31 bits per heavy atom. The number of hydrogen-bond donors (Lipinski definition) is 1. The molecular weight excluding hydrogens is 409 g/mol. The molecular formula is C25H32FN3O3. The molecule has 2 aliphatic heterocycles. The van der Waals surface area contributed by atoms with E-state index in [1.807, 2.05) is 36.4 Å². The van der Waals surface area contributed by atoms with Crippen LogP contribution in [-0.4, -0.2) is 70.4 Å². The molecule has 0 unspecified atom stereocenters. The van der Waals surface area contributed by atoms with Crippen LogP contribution in [0.15, 0.2) is 48.5 Å². The van der Waals surface area contributed by atoms with Crippen molar-refractivity contribution in [3.8, 4) is 5.75 Å². The maximum atomic E-state index is 13.3. The smallest absolute Gasteiger partial charge is 0.230 e. The van der Waals surface area contributed by atoms with Gasteiger partial charge in [0.1, 0.15) is 11.6 Å². The predicted octanol–water partition coefficient (Wildman–Crippen LogP) is 2.82. The molecule has 0 aliphatic carbocycles. The van der Waals surface area contributed by atoms with E-state index in [1.165, 1.54) is 12.1 Å². The minimum absolute atomic E-state index is 0.0796. The highest BCUT2D eigenvalue weighted by atomic mass is 19.1. The van der Waals surface area contributed by atoms with Crippen molar-refractivity contribution in [1.29, 1.82) is 0 Å². The fraction of sp³-hybridized carbons (Fsp3) is 0.480. The summed E-state index contributed by atoms with van der Waals surface area (Å²) in [7, 11) is 1.64. The van der Waals surface area contributed by atoms with Crippen LogP contribution in [0, 0.1) is 5.82 Å². The van der Waals surface area contributed by atoms with E-state index in [9.17, 15) is 9.18 Å². The maximum Gasteiger partial charge on any atom is 0.230 e. The van der Waals surface area contributed by atoms with Crippen molar-refractivity contribution < 1.29 is 18.7 Å². The number of ether oxygens (including phenoxy) is 2. The van der Waals surface area contributed by atoms with Gasteiger partial charge in [0.15, 0.2) is 0 Å². The number of carbonyl (C=O) groups is 1. The molecule has 7 heteroatoms. The van der Waals surface area contributed by atoms with Gasteiger partial charge in [-0.1, -0.05) is 12.1 Å². The average molecular weight is 442 g/mol. The number of nitrogens with one attached hydrogen (secondary N) is 1. The lowest BCUT2D eigenvalue weighted by Gasteiger charge is -2.38. The number of anilines is 1. The lowest BCUT2D eigenvalue weighted by atomic mass is 9.73. The summed E-state index contributed by atoms with van der Waals surface area (Å²) in [6.45, 7) is 6.25. The molecule has 2 heterocycles. The van der Waals surface area contributed by atoms with Crippen LogP contribution in [0.5, 0.6) is 5.75 Å². The fourth-order valence-electron chi connectivity index (χ4n) is 4.66. The molecule has 2 aromatic carbocycles. The van der Waals surface area contributed by atoms with Crippen LogP contribution in [0.1, 0.15) is 18.4 Å². The summed E-state index contributed by atoms with van der Waals surface area (Å²) >= 11 is 0. The number of piperazine rings is 1. The van der Waals surface area contributed by atoms with Crippen molar-refractivity contribution in [2.24, 2.45) is 0 Å². The molecule has 0 aromatic heterocycles. The largest absolute Gasteiger partial charge is 0.497 e. The Bertz CT molecular complexity index is 874. The van der Waals surface area contributed by atoms with E-state index in [4.69, 9.17) is 9.47 Å². The highest BCUT2D eigenvalue weighted by Crippen LogP contribution is 2.36. The summed E-state index contributed by atoms with van der Waals surface area (Å²) in [5.41, 5.74) is 1.53. The third-order valence-electron chi connectivity index (χ3n) is 6.70. The van der Waals surface area contributed by atoms with Gasteiger partial charge in [0.25, 0.3) is 0 Å². The van der Waals surface area contributed by atoms with Gasteiger partial charge < -0.3 is 19.7 Å². The number of hydrogen-bond acceptors (Lipinski definition) is 5. The molecule has 32 heavy (non-hydrogen) atoms. The van der Waals surface area contributed by atoms with Crippen LogP contribution in [0.25, 0.3) is 0 Å². The van der Waals surface area contributed by atoms with Gasteiger partial charge in [0.2, 0.25) is 5.91 Å². The van der Waals surface area contributed by atoms with E-state index in [2.05, 4.69) is 15.1 Å². The zero-order valence-electron chi connectivity index (χ0n) is 18.7. The van der Waals surface area contributed by atoms with E-state index < -0.39 is 5.41 Å². The quantitative estimate of drug-likeness (QED) is 0.716. The van der Waals surface area contributed by atoms with E-state index in [-0.39, 0.29) is 11.7 Å². The molecule has 6 nitrogen and oxygen atoms in total. The van der Waals surface area contributed by atoms with Crippen molar-refractivity contribution in [2.45, 2.75) is 18.3 Å². The number of halogens is 1. The lowest BCUT2D eigenvalue weighted by molar-refractivity contribution is -0.130. The van der Waals surface area contributed by atoms with Crippen molar-refractivity contribution >= 4 is 11.6 Å². The molecule has 2 aliphatic rings. The SMILES string of the molecule is COc1ccc(C2(C(=O)NCCN3CCN(c4ccc(F)cc4)CC3)CCOCC2)cc1. The molecule has 0 bridgehead atoms. The van der Waals surface area contributed by atoms with E-state index in [0.29, 0.717) is 32.6 Å². The highest BCUT2D eigenvalue weighted by Gasteiger charge is 2.41. The first-order valence-corrected chi connectivity index (χ1v) is 11.3. The summed E-state index contributed by atoms with van der Waals surface area (Å²) in [6.07, 6.45) is 1.36. The van der Waals surface area contributed by atoms with Crippen molar-refractivity contribution in [1.82, 2.24) is 10.2 Å². The van der Waals surface area contributed by atoms with Crippen molar-refractivity contribution in [3.05, 3.63) is 59.9 Å². The van der Waals surface area contributed by atoms with E-state index in [1.54, 1.807) is 7.11 Å². The summed E-state index contributed by atoms with van der Waals surface area (Å²) in [4.78, 5) is 18.0. The van der Waals surface area contributed by atoms with Crippen LogP contribution in [0.4, 0.5) is 10.1 Å². The van der Waals surface area contributed by atoms with E-state index >= 15 is 0 Å². The number of amides is 1. The third-order valence-corrected chi connectivity index (χ3v) is 6.70. The minimum atomic E-state index is -0.550. The standard InChI is InChI=1S/C25H32FN3O3/c1-31-23-8-2-20(3-9-23)25(10-18-32-19-11-25)24(30)27-12-13-28-14-16-29(17-15-28)22-6-4-21(26)5-7-22/h2-9H,10-19H2,1H3,(H,27,30). The maximum absolute atomic E-state index is 13.3. The predicted molar refractivity (Wildman–Crippen MR) is 123 cm³/mol. The van der Waals surface area contributed by atoms with Gasteiger partial charge >= 0.3 is 0 Å². The van der Waals surface area contributed by atoms with Gasteiger partial charge in [-0.15, -0.1) is 0 Å². The number of benzene rings is 2. The number of nitrogens with zero attached hydrogens (tertiary/aromatic N) is 2. The van der Waals surface area contributed by atoms with Crippen molar-refractivity contribution in [3.63, 3.8) is 0 Å². The fourth-order valence-corrected chi connectivity index (χ4v) is 4.66. The van der Waals surface area contributed by atoms with Gasteiger partial charge in [0, 0.05) is 58.2 Å². The monoisotopic (exact) mass is 441 g/mol. The summed E-state index contributed by atoms with van der Waals surface area (Å²) in [6, 6.07) is 14.5. The van der Waals surface area contributed by atoms with Gasteiger partial charge in [-0.3, -0.25) is 9.69 Å². The van der Waals surface area contributed by atoms with Gasteiger partial charge in [-0.05, 0) is 54.8 Å². The second kappa shape index (κ2) is 10.3. The Labute approximate surface area is 189 Å². The van der Waals surface area contributed by atoms with Crippen LogP contribution >= 0.6 is 0 Å². The Morgan fingerprint density at radius 1 is 1.03 bits per heavy atom. The Balaban J connectivity index is 1.29.